The van der Waals surface area contributed by atoms with Crippen LogP contribution in [0.25, 0.3) is 16.4 Å². The van der Waals surface area contributed by atoms with Crippen LogP contribution in [0.5, 0.6) is 0 Å². The van der Waals surface area contributed by atoms with Crippen molar-refractivity contribution in [1.29, 1.82) is 0 Å². The maximum absolute atomic E-state index is 4.55. The average Bonchev–Trinajstić information content (AvgIpc) is 3.27. The standard InChI is InChI=1S/C22H26N8/c1-2-7-18(8-3-1)17-29-15-13-28(14-16-29)12-6-11-23-21-19-9-4-5-10-20(19)22-24-26-27-30(22)25-21/h1-5,7-10H,6,11-17H2,(H,23,25). The fourth-order valence-corrected chi connectivity index (χ4v) is 4.10. The topological polar surface area (TPSA) is 74.5 Å². The molecule has 0 amide bonds. The third kappa shape index (κ3) is 4.10. The summed E-state index contributed by atoms with van der Waals surface area (Å²) in [6.07, 6.45) is 1.07. The minimum absolute atomic E-state index is 0.685. The molecule has 0 bridgehead atoms. The quantitative estimate of drug-likeness (QED) is 0.476. The van der Waals surface area contributed by atoms with E-state index in [2.05, 4.69) is 72.1 Å². The first-order valence-electron chi connectivity index (χ1n) is 10.6. The lowest BCUT2D eigenvalue weighted by molar-refractivity contribution is 0.127. The average molecular weight is 403 g/mol. The summed E-state index contributed by atoms with van der Waals surface area (Å²) >= 11 is 0. The summed E-state index contributed by atoms with van der Waals surface area (Å²) in [6, 6.07) is 18.8. The van der Waals surface area contributed by atoms with Gasteiger partial charge in [-0.25, -0.2) is 0 Å². The Morgan fingerprint density at radius 1 is 0.833 bits per heavy atom. The smallest absolute Gasteiger partial charge is 0.207 e. The van der Waals surface area contributed by atoms with Crippen LogP contribution in [0.4, 0.5) is 5.82 Å². The van der Waals surface area contributed by atoms with E-state index in [1.807, 2.05) is 18.2 Å². The second-order valence-corrected chi connectivity index (χ2v) is 7.77. The lowest BCUT2D eigenvalue weighted by Crippen LogP contribution is -2.46. The van der Waals surface area contributed by atoms with Crippen LogP contribution >= 0.6 is 0 Å². The van der Waals surface area contributed by atoms with Gasteiger partial charge < -0.3 is 10.2 Å². The maximum Gasteiger partial charge on any atom is 0.207 e. The van der Waals surface area contributed by atoms with Gasteiger partial charge in [-0.3, -0.25) is 4.90 Å². The highest BCUT2D eigenvalue weighted by Gasteiger charge is 2.16. The Hall–Kier alpha value is -3.10. The number of rotatable bonds is 7. The summed E-state index contributed by atoms with van der Waals surface area (Å²) in [5.41, 5.74) is 2.08. The Kier molecular flexibility index (Phi) is 5.50. The van der Waals surface area contributed by atoms with Crippen molar-refractivity contribution in [3.05, 3.63) is 60.2 Å². The van der Waals surface area contributed by atoms with Crippen molar-refractivity contribution in [2.24, 2.45) is 0 Å². The number of hydrogen-bond donors (Lipinski definition) is 1. The van der Waals surface area contributed by atoms with Crippen molar-refractivity contribution in [2.45, 2.75) is 13.0 Å². The molecule has 8 nitrogen and oxygen atoms in total. The van der Waals surface area contributed by atoms with Crippen molar-refractivity contribution in [3.8, 4) is 0 Å². The van der Waals surface area contributed by atoms with Gasteiger partial charge in [0.2, 0.25) is 5.65 Å². The first kappa shape index (κ1) is 18.9. The minimum Gasteiger partial charge on any atom is -0.368 e. The molecule has 1 aliphatic rings. The third-order valence-electron chi connectivity index (χ3n) is 5.73. The molecule has 1 saturated heterocycles. The fraction of sp³-hybridized carbons (Fsp3) is 0.364. The molecule has 0 unspecified atom stereocenters. The number of benzene rings is 2. The molecule has 0 radical (unpaired) electrons. The zero-order chi connectivity index (χ0) is 20.2. The van der Waals surface area contributed by atoms with E-state index in [4.69, 9.17) is 0 Å². The van der Waals surface area contributed by atoms with E-state index < -0.39 is 0 Å². The molecule has 2 aromatic heterocycles. The van der Waals surface area contributed by atoms with Gasteiger partial charge in [0.05, 0.1) is 0 Å². The Morgan fingerprint density at radius 3 is 2.40 bits per heavy atom. The summed E-state index contributed by atoms with van der Waals surface area (Å²) in [7, 11) is 0. The van der Waals surface area contributed by atoms with Gasteiger partial charge in [-0.05, 0) is 29.0 Å². The van der Waals surface area contributed by atoms with E-state index in [-0.39, 0.29) is 0 Å². The molecule has 30 heavy (non-hydrogen) atoms. The van der Waals surface area contributed by atoms with E-state index in [0.717, 1.165) is 68.8 Å². The predicted molar refractivity (Wildman–Crippen MR) is 117 cm³/mol. The molecule has 3 heterocycles. The van der Waals surface area contributed by atoms with Crippen LogP contribution in [0.3, 0.4) is 0 Å². The van der Waals surface area contributed by atoms with Gasteiger partial charge in [0.25, 0.3) is 0 Å². The van der Waals surface area contributed by atoms with Crippen LogP contribution in [0.2, 0.25) is 0 Å². The van der Waals surface area contributed by atoms with E-state index >= 15 is 0 Å². The highest BCUT2D eigenvalue weighted by molar-refractivity contribution is 5.99. The summed E-state index contributed by atoms with van der Waals surface area (Å²) in [5, 5.41) is 21.9. The summed E-state index contributed by atoms with van der Waals surface area (Å²) in [5.74, 6) is 0.832. The zero-order valence-corrected chi connectivity index (χ0v) is 17.0. The SMILES string of the molecule is c1ccc(CN2CCN(CCCNc3nn4nnnc4c4ccccc34)CC2)cc1. The molecule has 0 aliphatic carbocycles. The van der Waals surface area contributed by atoms with Gasteiger partial charge >= 0.3 is 0 Å². The molecule has 0 saturated carbocycles. The molecular weight excluding hydrogens is 376 g/mol. The fourth-order valence-electron chi connectivity index (χ4n) is 4.10. The van der Waals surface area contributed by atoms with Gasteiger partial charge in [-0.15, -0.1) is 14.8 Å². The molecule has 8 heteroatoms. The monoisotopic (exact) mass is 402 g/mol. The summed E-state index contributed by atoms with van der Waals surface area (Å²) in [6.45, 7) is 7.53. The molecular formula is C22H26N8. The maximum atomic E-state index is 4.55. The lowest BCUT2D eigenvalue weighted by atomic mass is 10.2. The predicted octanol–water partition coefficient (Wildman–Crippen LogP) is 2.29. The molecule has 5 rings (SSSR count). The third-order valence-corrected chi connectivity index (χ3v) is 5.73. The van der Waals surface area contributed by atoms with Crippen LogP contribution in [0.1, 0.15) is 12.0 Å². The molecule has 1 aliphatic heterocycles. The molecule has 1 fully saturated rings. The zero-order valence-electron chi connectivity index (χ0n) is 17.0. The number of hydrogen-bond acceptors (Lipinski definition) is 7. The number of tetrazole rings is 1. The largest absolute Gasteiger partial charge is 0.368 e. The van der Waals surface area contributed by atoms with Crippen LogP contribution in [-0.4, -0.2) is 74.3 Å². The number of nitrogens with one attached hydrogen (secondary N) is 1. The Morgan fingerprint density at radius 2 is 1.57 bits per heavy atom. The van der Waals surface area contributed by atoms with E-state index in [9.17, 15) is 0 Å². The van der Waals surface area contributed by atoms with Gasteiger partial charge in [0.15, 0.2) is 5.82 Å². The van der Waals surface area contributed by atoms with Crippen LogP contribution in [-0.2, 0) is 6.54 Å². The first-order chi connectivity index (χ1) is 14.9. The number of piperazine rings is 1. The molecule has 0 atom stereocenters. The minimum atomic E-state index is 0.685. The van der Waals surface area contributed by atoms with Crippen molar-refractivity contribution >= 4 is 22.2 Å². The second kappa shape index (κ2) is 8.73. The molecule has 1 N–H and O–H groups in total. The Labute approximate surface area is 175 Å². The second-order valence-electron chi connectivity index (χ2n) is 7.77. The number of fused-ring (bicyclic) bond motifs is 3. The van der Waals surface area contributed by atoms with Gasteiger partial charge in [0, 0.05) is 50.0 Å². The lowest BCUT2D eigenvalue weighted by Gasteiger charge is -2.34. The van der Waals surface area contributed by atoms with Crippen LogP contribution in [0.15, 0.2) is 54.6 Å². The number of aromatic nitrogens is 5. The molecule has 0 spiro atoms. The number of nitrogens with zero attached hydrogens (tertiary/aromatic N) is 7. The Balaban J connectivity index is 1.11. The van der Waals surface area contributed by atoms with Crippen LogP contribution < -0.4 is 5.32 Å². The van der Waals surface area contributed by atoms with E-state index in [1.54, 1.807) is 0 Å². The van der Waals surface area contributed by atoms with Gasteiger partial charge in [-0.1, -0.05) is 54.6 Å². The molecule has 154 valence electrons. The van der Waals surface area contributed by atoms with Crippen molar-refractivity contribution in [1.82, 2.24) is 35.1 Å². The summed E-state index contributed by atoms with van der Waals surface area (Å²) in [4.78, 5) is 5.10. The normalized spacial score (nSPS) is 15.7. The van der Waals surface area contributed by atoms with Crippen molar-refractivity contribution < 1.29 is 0 Å². The summed E-state index contributed by atoms with van der Waals surface area (Å²) < 4.78 is 1.50. The first-order valence-corrected chi connectivity index (χ1v) is 10.6. The molecule has 2 aromatic carbocycles. The Bertz CT molecular complexity index is 1100. The van der Waals surface area contributed by atoms with Gasteiger partial charge in [-0.2, -0.15) is 0 Å². The highest BCUT2D eigenvalue weighted by atomic mass is 15.6. The highest BCUT2D eigenvalue weighted by Crippen LogP contribution is 2.23. The van der Waals surface area contributed by atoms with Crippen LogP contribution in [0, 0.1) is 0 Å². The molecule has 4 aromatic rings. The van der Waals surface area contributed by atoms with E-state index in [1.165, 1.54) is 10.2 Å². The van der Waals surface area contributed by atoms with Gasteiger partial charge in [0.1, 0.15) is 0 Å². The van der Waals surface area contributed by atoms with Crippen molar-refractivity contribution in [3.63, 3.8) is 0 Å². The van der Waals surface area contributed by atoms with E-state index in [0.29, 0.717) is 5.65 Å². The number of anilines is 1. The van der Waals surface area contributed by atoms with Crippen molar-refractivity contribution in [2.75, 3.05) is 44.6 Å².